The number of amides is 2. The molecule has 1 rings (SSSR count). The molecule has 14 heavy (non-hydrogen) atoms. The molecule has 1 heterocycles. The van der Waals surface area contributed by atoms with Crippen molar-refractivity contribution in [3.05, 3.63) is 23.9 Å². The summed E-state index contributed by atoms with van der Waals surface area (Å²) in [6.45, 7) is 0. The van der Waals surface area contributed by atoms with Crippen molar-refractivity contribution in [3.63, 3.8) is 0 Å². The van der Waals surface area contributed by atoms with E-state index in [1.54, 1.807) is 5.32 Å². The van der Waals surface area contributed by atoms with E-state index in [0.717, 1.165) is 0 Å². The number of nitrogens with one attached hydrogen (secondary N) is 1. The molecule has 2 N–H and O–H groups in total. The van der Waals surface area contributed by atoms with Crippen molar-refractivity contribution in [2.24, 2.45) is 0 Å². The van der Waals surface area contributed by atoms with Crippen molar-refractivity contribution in [2.75, 3.05) is 7.11 Å². The van der Waals surface area contributed by atoms with E-state index < -0.39 is 12.0 Å². The Labute approximate surface area is 79.5 Å². The summed E-state index contributed by atoms with van der Waals surface area (Å²) in [7, 11) is 1.44. The minimum Gasteiger partial charge on any atom is -0.481 e. The molecule has 0 aliphatic rings. The third-order valence-electron chi connectivity index (χ3n) is 1.43. The van der Waals surface area contributed by atoms with E-state index in [-0.39, 0.29) is 5.56 Å². The molecule has 0 aliphatic carbocycles. The maximum atomic E-state index is 11.1. The van der Waals surface area contributed by atoms with Gasteiger partial charge < -0.3 is 9.84 Å². The van der Waals surface area contributed by atoms with Crippen LogP contribution < -0.4 is 10.1 Å². The van der Waals surface area contributed by atoms with Crippen LogP contribution in [0.4, 0.5) is 4.79 Å². The number of carboxylic acid groups (broad SMARTS) is 1. The molecule has 0 radical (unpaired) electrons. The number of aromatic nitrogens is 1. The Hall–Kier alpha value is -2.11. The van der Waals surface area contributed by atoms with Crippen molar-refractivity contribution in [1.82, 2.24) is 10.3 Å². The van der Waals surface area contributed by atoms with Gasteiger partial charge in [0, 0.05) is 12.3 Å². The minimum absolute atomic E-state index is 0.160. The monoisotopic (exact) mass is 196 g/mol. The van der Waals surface area contributed by atoms with Crippen molar-refractivity contribution < 1.29 is 19.4 Å². The molecule has 0 bridgehead atoms. The highest BCUT2D eigenvalue weighted by Gasteiger charge is 2.08. The van der Waals surface area contributed by atoms with Crippen molar-refractivity contribution in [1.29, 1.82) is 0 Å². The smallest absolute Gasteiger partial charge is 0.411 e. The number of nitrogens with zero attached hydrogens (tertiary/aromatic N) is 1. The molecule has 0 saturated heterocycles. The third-order valence-corrected chi connectivity index (χ3v) is 1.43. The molecule has 0 unspecified atom stereocenters. The van der Waals surface area contributed by atoms with Gasteiger partial charge in [0.15, 0.2) is 0 Å². The van der Waals surface area contributed by atoms with Crippen LogP contribution in [0.15, 0.2) is 18.3 Å². The van der Waals surface area contributed by atoms with E-state index in [1.165, 1.54) is 25.4 Å². The molecule has 1 aromatic heterocycles. The summed E-state index contributed by atoms with van der Waals surface area (Å²) in [4.78, 5) is 25.0. The van der Waals surface area contributed by atoms with Gasteiger partial charge in [-0.05, 0) is 6.07 Å². The summed E-state index contributed by atoms with van der Waals surface area (Å²) >= 11 is 0. The standard InChI is InChI=1S/C8H8N2O4/c1-14-6-3-2-5(4-9-6)7(11)10-8(12)13/h2-4H,1H3,(H,10,11)(H,12,13). The molecule has 0 saturated carbocycles. The van der Waals surface area contributed by atoms with Crippen LogP contribution in [-0.2, 0) is 0 Å². The average molecular weight is 196 g/mol. The van der Waals surface area contributed by atoms with E-state index in [0.29, 0.717) is 5.88 Å². The van der Waals surface area contributed by atoms with Crippen LogP contribution in [0.5, 0.6) is 5.88 Å². The fourth-order valence-electron chi connectivity index (χ4n) is 0.805. The largest absolute Gasteiger partial charge is 0.481 e. The van der Waals surface area contributed by atoms with Gasteiger partial charge in [-0.15, -0.1) is 0 Å². The molecule has 0 fully saturated rings. The topological polar surface area (TPSA) is 88.5 Å². The highest BCUT2D eigenvalue weighted by atomic mass is 16.5. The van der Waals surface area contributed by atoms with E-state index in [9.17, 15) is 9.59 Å². The lowest BCUT2D eigenvalue weighted by atomic mass is 10.3. The van der Waals surface area contributed by atoms with E-state index in [1.807, 2.05) is 0 Å². The third kappa shape index (κ3) is 2.44. The molecule has 1 aromatic rings. The fourth-order valence-corrected chi connectivity index (χ4v) is 0.805. The van der Waals surface area contributed by atoms with Crippen molar-refractivity contribution in [3.8, 4) is 5.88 Å². The molecule has 74 valence electrons. The predicted octanol–water partition coefficient (Wildman–Crippen LogP) is 0.498. The van der Waals surface area contributed by atoms with Crippen LogP contribution in [-0.4, -0.2) is 29.2 Å². The Kier molecular flexibility index (Phi) is 3.01. The van der Waals surface area contributed by atoms with Crippen LogP contribution in [0.1, 0.15) is 10.4 Å². The lowest BCUT2D eigenvalue weighted by molar-refractivity contribution is 0.0947. The summed E-state index contributed by atoms with van der Waals surface area (Å²) < 4.78 is 4.77. The van der Waals surface area contributed by atoms with Gasteiger partial charge in [-0.2, -0.15) is 0 Å². The van der Waals surface area contributed by atoms with E-state index in [4.69, 9.17) is 9.84 Å². The lowest BCUT2D eigenvalue weighted by Gasteiger charge is -2.00. The second-order valence-electron chi connectivity index (χ2n) is 2.35. The second kappa shape index (κ2) is 4.22. The average Bonchev–Trinajstić information content (AvgIpc) is 2.17. The SMILES string of the molecule is COc1ccc(C(=O)NC(=O)O)cn1. The number of imide groups is 1. The first-order valence-electron chi connectivity index (χ1n) is 3.68. The number of pyridine rings is 1. The Balaban J connectivity index is 2.76. The Morgan fingerprint density at radius 2 is 2.21 bits per heavy atom. The van der Waals surface area contributed by atoms with Gasteiger partial charge in [0.1, 0.15) is 0 Å². The zero-order chi connectivity index (χ0) is 10.6. The van der Waals surface area contributed by atoms with Crippen LogP contribution in [0.25, 0.3) is 0 Å². The molecule has 0 atom stereocenters. The summed E-state index contributed by atoms with van der Waals surface area (Å²) in [5, 5.41) is 9.96. The van der Waals surface area contributed by atoms with Crippen molar-refractivity contribution in [2.45, 2.75) is 0 Å². The van der Waals surface area contributed by atoms with Crippen LogP contribution in [0.3, 0.4) is 0 Å². The molecular weight excluding hydrogens is 188 g/mol. The highest BCUT2D eigenvalue weighted by Crippen LogP contribution is 2.06. The normalized spacial score (nSPS) is 9.21. The number of carbonyl (C=O) groups is 2. The summed E-state index contributed by atoms with van der Waals surface area (Å²) in [5.74, 6) is -0.357. The number of hydrogen-bond acceptors (Lipinski definition) is 4. The fraction of sp³-hybridized carbons (Fsp3) is 0.125. The predicted molar refractivity (Wildman–Crippen MR) is 46.3 cm³/mol. The first-order chi connectivity index (χ1) is 6.63. The molecule has 0 aliphatic heterocycles. The molecule has 6 nitrogen and oxygen atoms in total. The summed E-state index contributed by atoms with van der Waals surface area (Å²) in [5.41, 5.74) is 0.160. The van der Waals surface area contributed by atoms with E-state index >= 15 is 0 Å². The maximum Gasteiger partial charge on any atom is 0.411 e. The molecule has 0 aromatic carbocycles. The van der Waals surface area contributed by atoms with Gasteiger partial charge in [0.25, 0.3) is 5.91 Å². The summed E-state index contributed by atoms with van der Waals surface area (Å²) in [6.07, 6.45) is -0.164. The van der Waals surface area contributed by atoms with Gasteiger partial charge in [0.2, 0.25) is 5.88 Å². The number of hydrogen-bond donors (Lipinski definition) is 2. The molecule has 0 spiro atoms. The first-order valence-corrected chi connectivity index (χ1v) is 3.68. The Morgan fingerprint density at radius 3 is 2.64 bits per heavy atom. The second-order valence-corrected chi connectivity index (χ2v) is 2.35. The quantitative estimate of drug-likeness (QED) is 0.718. The zero-order valence-electron chi connectivity index (χ0n) is 7.35. The van der Waals surface area contributed by atoms with Crippen LogP contribution in [0.2, 0.25) is 0 Å². The lowest BCUT2D eigenvalue weighted by Crippen LogP contribution is -2.28. The maximum absolute atomic E-state index is 11.1. The number of ether oxygens (including phenoxy) is 1. The van der Waals surface area contributed by atoms with Gasteiger partial charge in [-0.1, -0.05) is 0 Å². The number of carbonyl (C=O) groups excluding carboxylic acids is 1. The Morgan fingerprint density at radius 1 is 1.50 bits per heavy atom. The molecular formula is C8H8N2O4. The van der Waals surface area contributed by atoms with Gasteiger partial charge in [0.05, 0.1) is 12.7 Å². The van der Waals surface area contributed by atoms with Gasteiger partial charge >= 0.3 is 6.09 Å². The zero-order valence-corrected chi connectivity index (χ0v) is 7.35. The minimum atomic E-state index is -1.40. The van der Waals surface area contributed by atoms with Crippen LogP contribution >= 0.6 is 0 Å². The van der Waals surface area contributed by atoms with Gasteiger partial charge in [-0.3, -0.25) is 10.1 Å². The molecule has 6 heteroatoms. The van der Waals surface area contributed by atoms with Crippen molar-refractivity contribution >= 4 is 12.0 Å². The highest BCUT2D eigenvalue weighted by molar-refractivity contribution is 6.02. The summed E-state index contributed by atoms with van der Waals surface area (Å²) in [6, 6.07) is 2.89. The first kappa shape index (κ1) is 9.97. The number of rotatable bonds is 2. The number of methoxy groups -OCH3 is 1. The van der Waals surface area contributed by atoms with Crippen LogP contribution in [0, 0.1) is 0 Å². The van der Waals surface area contributed by atoms with Gasteiger partial charge in [-0.25, -0.2) is 9.78 Å². The molecule has 2 amide bonds. The Bertz CT molecular complexity index is 347. The van der Waals surface area contributed by atoms with E-state index in [2.05, 4.69) is 4.98 Å².